The molecule has 1 amide bonds. The first-order valence-electron chi connectivity index (χ1n) is 5.33. The molecule has 1 rings (SSSR count). The van der Waals surface area contributed by atoms with Gasteiger partial charge in [-0.3, -0.25) is 4.79 Å². The number of amides is 1. The molecule has 0 fully saturated rings. The van der Waals surface area contributed by atoms with Crippen molar-refractivity contribution in [2.75, 3.05) is 0 Å². The summed E-state index contributed by atoms with van der Waals surface area (Å²) in [5.74, 6) is 0.450. The lowest BCUT2D eigenvalue weighted by Crippen LogP contribution is -2.40. The normalized spacial score (nSPS) is 16.6. The molecule has 16 heavy (non-hydrogen) atoms. The Morgan fingerprint density at radius 1 is 1.50 bits per heavy atom. The summed E-state index contributed by atoms with van der Waals surface area (Å²) in [7, 11) is 1.84. The summed E-state index contributed by atoms with van der Waals surface area (Å²) in [5, 5.41) is 10.6. The van der Waals surface area contributed by atoms with Crippen molar-refractivity contribution in [2.45, 2.75) is 32.9 Å². The third-order valence-corrected chi connectivity index (χ3v) is 2.69. The molecule has 6 nitrogen and oxygen atoms in total. The van der Waals surface area contributed by atoms with Gasteiger partial charge in [0.1, 0.15) is 6.33 Å². The quantitative estimate of drug-likeness (QED) is 0.753. The predicted octanol–water partition coefficient (Wildman–Crippen LogP) is -0.0244. The Morgan fingerprint density at radius 2 is 2.12 bits per heavy atom. The topological polar surface area (TPSA) is 85.8 Å². The van der Waals surface area contributed by atoms with Crippen molar-refractivity contribution in [2.24, 2.45) is 18.7 Å². The summed E-state index contributed by atoms with van der Waals surface area (Å²) >= 11 is 0. The molecule has 0 aromatic carbocycles. The van der Waals surface area contributed by atoms with Crippen LogP contribution in [0, 0.1) is 5.92 Å². The smallest absolute Gasteiger partial charge is 0.224 e. The minimum Gasteiger partial charge on any atom is -0.346 e. The zero-order chi connectivity index (χ0) is 12.3. The molecular formula is C10H19N5O. The molecule has 0 saturated heterocycles. The molecule has 0 saturated carbocycles. The summed E-state index contributed by atoms with van der Waals surface area (Å²) in [6.45, 7) is 5.50. The SMILES string of the molecule is CC(NC(=O)C(C)C(C)N)c1nncn1C. The Bertz CT molecular complexity index is 360. The Balaban J connectivity index is 2.62. The van der Waals surface area contributed by atoms with Gasteiger partial charge in [-0.25, -0.2) is 0 Å². The lowest BCUT2D eigenvalue weighted by Gasteiger charge is -2.19. The number of aromatic nitrogens is 3. The van der Waals surface area contributed by atoms with Gasteiger partial charge < -0.3 is 15.6 Å². The Kier molecular flexibility index (Phi) is 4.00. The number of nitrogens with one attached hydrogen (secondary N) is 1. The van der Waals surface area contributed by atoms with E-state index in [9.17, 15) is 4.79 Å². The standard InChI is InChI=1S/C10H19N5O/c1-6(7(2)11)10(16)13-8(3)9-14-12-5-15(9)4/h5-8H,11H2,1-4H3,(H,13,16). The zero-order valence-electron chi connectivity index (χ0n) is 10.1. The van der Waals surface area contributed by atoms with E-state index in [0.29, 0.717) is 0 Å². The van der Waals surface area contributed by atoms with E-state index in [1.54, 1.807) is 10.9 Å². The summed E-state index contributed by atoms with van der Waals surface area (Å²) in [5.41, 5.74) is 5.67. The van der Waals surface area contributed by atoms with E-state index < -0.39 is 0 Å². The van der Waals surface area contributed by atoms with Gasteiger partial charge in [-0.1, -0.05) is 6.92 Å². The molecule has 0 bridgehead atoms. The Hall–Kier alpha value is -1.43. The summed E-state index contributed by atoms with van der Waals surface area (Å²) < 4.78 is 1.78. The third-order valence-electron chi connectivity index (χ3n) is 2.69. The van der Waals surface area contributed by atoms with E-state index in [4.69, 9.17) is 5.73 Å². The van der Waals surface area contributed by atoms with Crippen LogP contribution >= 0.6 is 0 Å². The van der Waals surface area contributed by atoms with Crippen molar-refractivity contribution in [3.8, 4) is 0 Å². The average molecular weight is 225 g/mol. The average Bonchev–Trinajstić information content (AvgIpc) is 2.62. The van der Waals surface area contributed by atoms with Gasteiger partial charge in [0, 0.05) is 19.0 Å². The van der Waals surface area contributed by atoms with Gasteiger partial charge in [0.2, 0.25) is 5.91 Å². The maximum absolute atomic E-state index is 11.8. The summed E-state index contributed by atoms with van der Waals surface area (Å²) in [6.07, 6.45) is 1.60. The fraction of sp³-hybridized carbons (Fsp3) is 0.700. The molecule has 0 spiro atoms. The fourth-order valence-electron chi connectivity index (χ4n) is 1.33. The van der Waals surface area contributed by atoms with Crippen LogP contribution in [0.2, 0.25) is 0 Å². The molecule has 0 aliphatic rings. The number of hydrogen-bond donors (Lipinski definition) is 2. The first-order valence-corrected chi connectivity index (χ1v) is 5.33. The monoisotopic (exact) mass is 225 g/mol. The second kappa shape index (κ2) is 5.07. The minimum absolute atomic E-state index is 0.0644. The maximum atomic E-state index is 11.8. The second-order valence-corrected chi connectivity index (χ2v) is 4.18. The van der Waals surface area contributed by atoms with Crippen LogP contribution in [0.1, 0.15) is 32.6 Å². The highest BCUT2D eigenvalue weighted by molar-refractivity contribution is 5.79. The first-order chi connectivity index (χ1) is 7.43. The van der Waals surface area contributed by atoms with Gasteiger partial charge >= 0.3 is 0 Å². The molecule has 6 heteroatoms. The van der Waals surface area contributed by atoms with Crippen LogP contribution in [0.4, 0.5) is 0 Å². The van der Waals surface area contributed by atoms with Crippen LogP contribution in [-0.4, -0.2) is 26.7 Å². The van der Waals surface area contributed by atoms with E-state index in [1.807, 2.05) is 27.8 Å². The van der Waals surface area contributed by atoms with Crippen molar-refractivity contribution < 1.29 is 4.79 Å². The van der Waals surface area contributed by atoms with Crippen LogP contribution in [0.25, 0.3) is 0 Å². The van der Waals surface area contributed by atoms with Gasteiger partial charge in [-0.15, -0.1) is 10.2 Å². The molecule has 0 aliphatic heterocycles. The van der Waals surface area contributed by atoms with Gasteiger partial charge in [0.05, 0.1) is 6.04 Å². The third kappa shape index (κ3) is 2.79. The first kappa shape index (κ1) is 12.6. The van der Waals surface area contributed by atoms with E-state index in [-0.39, 0.29) is 23.9 Å². The fourth-order valence-corrected chi connectivity index (χ4v) is 1.33. The summed E-state index contributed by atoms with van der Waals surface area (Å²) in [4.78, 5) is 11.8. The van der Waals surface area contributed by atoms with Crippen molar-refractivity contribution in [1.29, 1.82) is 0 Å². The summed E-state index contributed by atoms with van der Waals surface area (Å²) in [6, 6.07) is -0.326. The van der Waals surface area contributed by atoms with Crippen LogP contribution in [0.3, 0.4) is 0 Å². The van der Waals surface area contributed by atoms with E-state index in [1.165, 1.54) is 0 Å². The largest absolute Gasteiger partial charge is 0.346 e. The second-order valence-electron chi connectivity index (χ2n) is 4.18. The number of carbonyl (C=O) groups excluding carboxylic acids is 1. The molecule has 1 aromatic rings. The van der Waals surface area contributed by atoms with Crippen LogP contribution < -0.4 is 11.1 Å². The van der Waals surface area contributed by atoms with Crippen LogP contribution in [0.15, 0.2) is 6.33 Å². The zero-order valence-corrected chi connectivity index (χ0v) is 10.1. The Labute approximate surface area is 95.2 Å². The number of hydrogen-bond acceptors (Lipinski definition) is 4. The van der Waals surface area contributed by atoms with Gasteiger partial charge in [0.25, 0.3) is 0 Å². The molecule has 0 aliphatic carbocycles. The number of rotatable bonds is 4. The molecule has 1 aromatic heterocycles. The highest BCUT2D eigenvalue weighted by atomic mass is 16.2. The molecule has 3 N–H and O–H groups in total. The predicted molar refractivity (Wildman–Crippen MR) is 60.4 cm³/mol. The number of carbonyl (C=O) groups is 1. The van der Waals surface area contributed by atoms with Crippen LogP contribution in [0.5, 0.6) is 0 Å². The minimum atomic E-state index is -0.212. The highest BCUT2D eigenvalue weighted by Crippen LogP contribution is 2.09. The van der Waals surface area contributed by atoms with E-state index in [2.05, 4.69) is 15.5 Å². The molecule has 3 atom stereocenters. The van der Waals surface area contributed by atoms with Crippen molar-refractivity contribution in [3.05, 3.63) is 12.2 Å². The maximum Gasteiger partial charge on any atom is 0.224 e. The molecule has 1 heterocycles. The molecule has 0 radical (unpaired) electrons. The molecule has 90 valence electrons. The van der Waals surface area contributed by atoms with Gasteiger partial charge in [0.15, 0.2) is 5.82 Å². The number of aryl methyl sites for hydroxylation is 1. The van der Waals surface area contributed by atoms with Gasteiger partial charge in [-0.05, 0) is 13.8 Å². The lowest BCUT2D eigenvalue weighted by molar-refractivity contribution is -0.125. The van der Waals surface area contributed by atoms with Crippen molar-refractivity contribution in [3.63, 3.8) is 0 Å². The number of nitrogens with zero attached hydrogens (tertiary/aromatic N) is 3. The van der Waals surface area contributed by atoms with Crippen molar-refractivity contribution >= 4 is 5.91 Å². The lowest BCUT2D eigenvalue weighted by atomic mass is 10.0. The van der Waals surface area contributed by atoms with E-state index >= 15 is 0 Å². The van der Waals surface area contributed by atoms with Crippen molar-refractivity contribution in [1.82, 2.24) is 20.1 Å². The van der Waals surface area contributed by atoms with Gasteiger partial charge in [-0.2, -0.15) is 0 Å². The molecular weight excluding hydrogens is 206 g/mol. The highest BCUT2D eigenvalue weighted by Gasteiger charge is 2.20. The molecule has 3 unspecified atom stereocenters. The number of nitrogens with two attached hydrogens (primary N) is 1. The van der Waals surface area contributed by atoms with Crippen LogP contribution in [-0.2, 0) is 11.8 Å². The Morgan fingerprint density at radius 3 is 2.56 bits per heavy atom. The van der Waals surface area contributed by atoms with E-state index in [0.717, 1.165) is 5.82 Å².